The molecule has 1 N–H and O–H groups in total. The summed E-state index contributed by atoms with van der Waals surface area (Å²) in [6, 6.07) is 10.7. The van der Waals surface area contributed by atoms with Crippen LogP contribution in [0.3, 0.4) is 0 Å². The topological polar surface area (TPSA) is 57.2 Å². The number of ether oxygens (including phenoxy) is 1. The Bertz CT molecular complexity index is 626. The molecule has 0 unspecified atom stereocenters. The van der Waals surface area contributed by atoms with Crippen LogP contribution >= 0.6 is 24.0 Å². The summed E-state index contributed by atoms with van der Waals surface area (Å²) in [6.07, 6.45) is 3.44. The molecule has 1 heterocycles. The van der Waals surface area contributed by atoms with Crippen LogP contribution in [0.2, 0.25) is 0 Å². The van der Waals surface area contributed by atoms with Gasteiger partial charge in [-0.25, -0.2) is 4.79 Å². The minimum Gasteiger partial charge on any atom is -0.450 e. The van der Waals surface area contributed by atoms with Gasteiger partial charge in [-0.1, -0.05) is 30.3 Å². The van der Waals surface area contributed by atoms with Crippen molar-refractivity contribution < 1.29 is 9.53 Å². The van der Waals surface area contributed by atoms with E-state index in [1.165, 1.54) is 18.4 Å². The van der Waals surface area contributed by atoms with Crippen molar-refractivity contribution >= 4 is 36.0 Å². The second kappa shape index (κ2) is 10.1. The lowest BCUT2D eigenvalue weighted by Gasteiger charge is -2.36. The van der Waals surface area contributed by atoms with Crippen molar-refractivity contribution in [3.63, 3.8) is 0 Å². The van der Waals surface area contributed by atoms with E-state index in [2.05, 4.69) is 45.5 Å². The first-order chi connectivity index (χ1) is 12.7. The smallest absolute Gasteiger partial charge is 0.409 e. The first kappa shape index (κ1) is 21.8. The standard InChI is InChI=1S/C20H30N4O2.HI/c1-3-26-19(25)24-13-11-23(12-14-24)18(21-2)22-16-20(9-10-20)15-17-7-5-4-6-8-17;/h4-8H,3,9-16H2,1-2H3,(H,21,22);1H. The first-order valence-electron chi connectivity index (χ1n) is 9.57. The lowest BCUT2D eigenvalue weighted by Crippen LogP contribution is -2.54. The Morgan fingerprint density at radius 1 is 1.15 bits per heavy atom. The molecule has 0 spiro atoms. The molecule has 3 rings (SSSR count). The molecule has 1 amide bonds. The Morgan fingerprint density at radius 3 is 2.33 bits per heavy atom. The van der Waals surface area contributed by atoms with E-state index in [0.717, 1.165) is 32.0 Å². The zero-order chi connectivity index (χ0) is 18.4. The number of benzene rings is 1. The summed E-state index contributed by atoms with van der Waals surface area (Å²) in [5.41, 5.74) is 1.77. The van der Waals surface area contributed by atoms with Gasteiger partial charge in [-0.2, -0.15) is 0 Å². The number of aliphatic imine (C=N–C) groups is 1. The Labute approximate surface area is 179 Å². The van der Waals surface area contributed by atoms with Crippen molar-refractivity contribution in [2.24, 2.45) is 10.4 Å². The number of hydrogen-bond acceptors (Lipinski definition) is 3. The van der Waals surface area contributed by atoms with Gasteiger partial charge in [0, 0.05) is 39.8 Å². The van der Waals surface area contributed by atoms with Gasteiger partial charge in [-0.15, -0.1) is 24.0 Å². The van der Waals surface area contributed by atoms with Crippen LogP contribution in [-0.2, 0) is 11.2 Å². The van der Waals surface area contributed by atoms with E-state index in [1.807, 2.05) is 14.0 Å². The highest BCUT2D eigenvalue weighted by molar-refractivity contribution is 14.0. The summed E-state index contributed by atoms with van der Waals surface area (Å²) >= 11 is 0. The van der Waals surface area contributed by atoms with E-state index in [0.29, 0.717) is 25.1 Å². The summed E-state index contributed by atoms with van der Waals surface area (Å²) in [5.74, 6) is 0.938. The van der Waals surface area contributed by atoms with Gasteiger partial charge >= 0.3 is 6.09 Å². The van der Waals surface area contributed by atoms with Gasteiger partial charge in [0.1, 0.15) is 0 Å². The van der Waals surface area contributed by atoms with Crippen LogP contribution < -0.4 is 5.32 Å². The third-order valence-electron chi connectivity index (χ3n) is 5.32. The predicted molar refractivity (Wildman–Crippen MR) is 119 cm³/mol. The molecule has 1 saturated heterocycles. The van der Waals surface area contributed by atoms with Crippen molar-refractivity contribution in [2.45, 2.75) is 26.2 Å². The van der Waals surface area contributed by atoms with Gasteiger partial charge in [0.25, 0.3) is 0 Å². The number of guanidine groups is 1. The molecule has 1 aliphatic carbocycles. The first-order valence-corrected chi connectivity index (χ1v) is 9.57. The molecule has 2 aliphatic rings. The number of rotatable bonds is 5. The number of amides is 1. The Morgan fingerprint density at radius 2 is 1.78 bits per heavy atom. The molecule has 2 fully saturated rings. The number of piperazine rings is 1. The van der Waals surface area contributed by atoms with E-state index in [-0.39, 0.29) is 30.1 Å². The Balaban J connectivity index is 0.00000261. The number of nitrogens with one attached hydrogen (secondary N) is 1. The zero-order valence-corrected chi connectivity index (χ0v) is 18.6. The molecule has 0 bridgehead atoms. The van der Waals surface area contributed by atoms with Crippen molar-refractivity contribution in [3.05, 3.63) is 35.9 Å². The van der Waals surface area contributed by atoms with Crippen molar-refractivity contribution in [3.8, 4) is 0 Å². The van der Waals surface area contributed by atoms with Crippen LogP contribution in [0, 0.1) is 5.41 Å². The SMILES string of the molecule is CCOC(=O)N1CCN(C(=NC)NCC2(Cc3ccccc3)CC2)CC1.I. The molecule has 1 aromatic rings. The van der Waals surface area contributed by atoms with Crippen molar-refractivity contribution in [1.29, 1.82) is 0 Å². The monoisotopic (exact) mass is 486 g/mol. The predicted octanol–water partition coefficient (Wildman–Crippen LogP) is 2.98. The van der Waals surface area contributed by atoms with Gasteiger partial charge in [0.2, 0.25) is 0 Å². The van der Waals surface area contributed by atoms with E-state index >= 15 is 0 Å². The average molecular weight is 486 g/mol. The zero-order valence-electron chi connectivity index (χ0n) is 16.3. The highest BCUT2D eigenvalue weighted by Crippen LogP contribution is 2.47. The largest absolute Gasteiger partial charge is 0.450 e. The van der Waals surface area contributed by atoms with Crippen LogP contribution in [0.5, 0.6) is 0 Å². The fourth-order valence-corrected chi connectivity index (χ4v) is 3.54. The molecular formula is C20H31IN4O2. The van der Waals surface area contributed by atoms with Gasteiger partial charge < -0.3 is 19.9 Å². The van der Waals surface area contributed by atoms with Crippen LogP contribution in [0.4, 0.5) is 4.79 Å². The van der Waals surface area contributed by atoms with Gasteiger partial charge in [0.05, 0.1) is 6.61 Å². The second-order valence-electron chi connectivity index (χ2n) is 7.24. The molecule has 6 nitrogen and oxygen atoms in total. The highest BCUT2D eigenvalue weighted by Gasteiger charge is 2.42. The van der Waals surface area contributed by atoms with Crippen LogP contribution in [0.1, 0.15) is 25.3 Å². The second-order valence-corrected chi connectivity index (χ2v) is 7.24. The van der Waals surface area contributed by atoms with E-state index in [9.17, 15) is 4.79 Å². The maximum Gasteiger partial charge on any atom is 0.409 e. The fraction of sp³-hybridized carbons (Fsp3) is 0.600. The molecule has 0 radical (unpaired) electrons. The summed E-state index contributed by atoms with van der Waals surface area (Å²) in [4.78, 5) is 20.3. The summed E-state index contributed by atoms with van der Waals surface area (Å²) in [5, 5.41) is 3.57. The van der Waals surface area contributed by atoms with Gasteiger partial charge in [0.15, 0.2) is 5.96 Å². The molecule has 1 aromatic carbocycles. The number of carbonyl (C=O) groups is 1. The lowest BCUT2D eigenvalue weighted by molar-refractivity contribution is 0.0914. The molecule has 1 aliphatic heterocycles. The number of carbonyl (C=O) groups excluding carboxylic acids is 1. The average Bonchev–Trinajstić information content (AvgIpc) is 3.43. The van der Waals surface area contributed by atoms with Gasteiger partial charge in [-0.3, -0.25) is 4.99 Å². The molecule has 7 heteroatoms. The maximum absolute atomic E-state index is 11.8. The van der Waals surface area contributed by atoms with E-state index in [4.69, 9.17) is 4.74 Å². The van der Waals surface area contributed by atoms with Gasteiger partial charge in [-0.05, 0) is 37.2 Å². The Hall–Kier alpha value is -1.51. The van der Waals surface area contributed by atoms with Crippen molar-refractivity contribution in [1.82, 2.24) is 15.1 Å². The maximum atomic E-state index is 11.8. The van der Waals surface area contributed by atoms with Crippen LogP contribution in [0.25, 0.3) is 0 Å². The van der Waals surface area contributed by atoms with E-state index < -0.39 is 0 Å². The quantitative estimate of drug-likeness (QED) is 0.395. The third kappa shape index (κ3) is 5.99. The molecule has 150 valence electrons. The minimum absolute atomic E-state index is 0. The van der Waals surface area contributed by atoms with Crippen molar-refractivity contribution in [2.75, 3.05) is 46.4 Å². The molecule has 0 atom stereocenters. The fourth-order valence-electron chi connectivity index (χ4n) is 3.54. The summed E-state index contributed by atoms with van der Waals surface area (Å²) < 4.78 is 5.08. The van der Waals surface area contributed by atoms with Crippen LogP contribution in [-0.4, -0.2) is 68.2 Å². The number of nitrogens with zero attached hydrogens (tertiary/aromatic N) is 3. The number of hydrogen-bond donors (Lipinski definition) is 1. The van der Waals surface area contributed by atoms with Crippen LogP contribution in [0.15, 0.2) is 35.3 Å². The lowest BCUT2D eigenvalue weighted by atomic mass is 9.96. The summed E-state index contributed by atoms with van der Waals surface area (Å²) in [6.45, 7) is 6.12. The molecule has 27 heavy (non-hydrogen) atoms. The highest BCUT2D eigenvalue weighted by atomic mass is 127. The Kier molecular flexibility index (Phi) is 8.19. The third-order valence-corrected chi connectivity index (χ3v) is 5.32. The number of halogens is 1. The summed E-state index contributed by atoms with van der Waals surface area (Å²) in [7, 11) is 1.83. The molecule has 0 aromatic heterocycles. The minimum atomic E-state index is -0.213. The molecule has 1 saturated carbocycles. The normalized spacial score (nSPS) is 18.5. The molecular weight excluding hydrogens is 455 g/mol. The van der Waals surface area contributed by atoms with E-state index in [1.54, 1.807) is 4.90 Å².